The number of nitrogens with zero attached hydrogens (tertiary/aromatic N) is 2. The summed E-state index contributed by atoms with van der Waals surface area (Å²) in [7, 11) is 3.50. The first-order valence-electron chi connectivity index (χ1n) is 7.05. The van der Waals surface area contributed by atoms with Crippen molar-refractivity contribution in [2.75, 3.05) is 40.4 Å². The van der Waals surface area contributed by atoms with Crippen LogP contribution in [-0.4, -0.2) is 68.3 Å². The third-order valence-corrected chi connectivity index (χ3v) is 4.27. The van der Waals surface area contributed by atoms with E-state index >= 15 is 0 Å². The minimum atomic E-state index is -0.552. The maximum Gasteiger partial charge on any atom is 0.256 e. The first kappa shape index (κ1) is 14.3. The zero-order valence-corrected chi connectivity index (χ0v) is 12.2. The van der Waals surface area contributed by atoms with Crippen molar-refractivity contribution < 1.29 is 18.7 Å². The fourth-order valence-corrected chi connectivity index (χ4v) is 2.99. The smallest absolute Gasteiger partial charge is 0.256 e. The minimum Gasteiger partial charge on any atom is -0.497 e. The lowest BCUT2D eigenvalue weighted by molar-refractivity contribution is -0.0368. The summed E-state index contributed by atoms with van der Waals surface area (Å²) in [4.78, 5) is 16.4. The summed E-state index contributed by atoms with van der Waals surface area (Å²) in [5, 5.41) is 0. The van der Waals surface area contributed by atoms with Crippen LogP contribution in [0.15, 0.2) is 18.2 Å². The molecule has 0 N–H and O–H groups in total. The molecule has 0 aromatic heterocycles. The number of ether oxygens (including phenoxy) is 2. The highest BCUT2D eigenvalue weighted by atomic mass is 19.1. The second-order valence-corrected chi connectivity index (χ2v) is 5.51. The number of amides is 1. The zero-order valence-electron chi connectivity index (χ0n) is 12.2. The molecule has 0 saturated carbocycles. The molecule has 3 rings (SSSR count). The summed E-state index contributed by atoms with van der Waals surface area (Å²) in [6, 6.07) is 4.51. The minimum absolute atomic E-state index is 0.0222. The summed E-state index contributed by atoms with van der Waals surface area (Å²) < 4.78 is 24.7. The number of carbonyl (C=O) groups is 1. The van der Waals surface area contributed by atoms with E-state index in [-0.39, 0.29) is 23.6 Å². The molecule has 0 bridgehead atoms. The molecule has 0 aliphatic carbocycles. The van der Waals surface area contributed by atoms with Gasteiger partial charge < -0.3 is 14.4 Å². The zero-order chi connectivity index (χ0) is 15.0. The Morgan fingerprint density at radius 3 is 2.90 bits per heavy atom. The quantitative estimate of drug-likeness (QED) is 0.816. The van der Waals surface area contributed by atoms with Crippen LogP contribution in [-0.2, 0) is 4.74 Å². The number of halogens is 1. The Morgan fingerprint density at radius 1 is 1.43 bits per heavy atom. The van der Waals surface area contributed by atoms with Gasteiger partial charge in [0.15, 0.2) is 0 Å². The van der Waals surface area contributed by atoms with Crippen LogP contribution >= 0.6 is 0 Å². The molecule has 114 valence electrons. The normalized spacial score (nSPS) is 25.8. The fraction of sp³-hybridized carbons (Fsp3) is 0.533. The first-order valence-corrected chi connectivity index (χ1v) is 7.05. The SMILES string of the molecule is COc1ccc(C(=O)N2C[C@H]3OCCN(C)[C@H]3C2)c(F)c1. The standard InChI is InChI=1S/C15H19FN2O3/c1-17-5-6-21-14-9-18(8-13(14)17)15(19)11-4-3-10(20-2)7-12(11)16/h3-4,7,13-14H,5-6,8-9H2,1-2H3/t13-,14+/m0/s1. The molecule has 0 spiro atoms. The number of hydrogen-bond acceptors (Lipinski definition) is 4. The van der Waals surface area contributed by atoms with Gasteiger partial charge in [-0.2, -0.15) is 0 Å². The Balaban J connectivity index is 1.77. The third kappa shape index (κ3) is 2.61. The number of fused-ring (bicyclic) bond motifs is 1. The van der Waals surface area contributed by atoms with Crippen LogP contribution in [0.4, 0.5) is 4.39 Å². The summed E-state index contributed by atoms with van der Waals surface area (Å²) >= 11 is 0. The van der Waals surface area contributed by atoms with Crippen molar-refractivity contribution in [3.8, 4) is 5.75 Å². The lowest BCUT2D eigenvalue weighted by Crippen LogP contribution is -2.48. The molecule has 2 fully saturated rings. The van der Waals surface area contributed by atoms with Crippen molar-refractivity contribution in [3.63, 3.8) is 0 Å². The molecule has 1 aromatic rings. The molecule has 21 heavy (non-hydrogen) atoms. The van der Waals surface area contributed by atoms with E-state index < -0.39 is 5.82 Å². The van der Waals surface area contributed by atoms with E-state index in [0.29, 0.717) is 25.4 Å². The van der Waals surface area contributed by atoms with Crippen molar-refractivity contribution in [1.82, 2.24) is 9.80 Å². The summed E-state index contributed by atoms with van der Waals surface area (Å²) in [6.45, 7) is 2.63. The molecule has 2 aliphatic heterocycles. The number of likely N-dealkylation sites (tertiary alicyclic amines) is 1. The largest absolute Gasteiger partial charge is 0.497 e. The summed E-state index contributed by atoms with van der Waals surface area (Å²) in [6.07, 6.45) is 0.0222. The van der Waals surface area contributed by atoms with Gasteiger partial charge >= 0.3 is 0 Å². The Morgan fingerprint density at radius 2 is 2.24 bits per heavy atom. The van der Waals surface area contributed by atoms with Gasteiger partial charge in [-0.3, -0.25) is 9.69 Å². The second kappa shape index (κ2) is 5.61. The van der Waals surface area contributed by atoms with E-state index in [2.05, 4.69) is 4.90 Å². The Kier molecular flexibility index (Phi) is 3.82. The third-order valence-electron chi connectivity index (χ3n) is 4.27. The number of methoxy groups -OCH3 is 1. The van der Waals surface area contributed by atoms with Crippen LogP contribution in [0, 0.1) is 5.82 Å². The van der Waals surface area contributed by atoms with E-state index in [0.717, 1.165) is 6.54 Å². The van der Waals surface area contributed by atoms with Crippen molar-refractivity contribution in [1.29, 1.82) is 0 Å². The van der Waals surface area contributed by atoms with Gasteiger partial charge in [-0.05, 0) is 19.2 Å². The molecule has 2 atom stereocenters. The number of rotatable bonds is 2. The molecule has 5 nitrogen and oxygen atoms in total. The first-order chi connectivity index (χ1) is 10.1. The van der Waals surface area contributed by atoms with Gasteiger partial charge in [0.1, 0.15) is 11.6 Å². The highest BCUT2D eigenvalue weighted by Crippen LogP contribution is 2.25. The molecular weight excluding hydrogens is 275 g/mol. The Labute approximate surface area is 123 Å². The Hall–Kier alpha value is -1.66. The Bertz CT molecular complexity index is 552. The van der Waals surface area contributed by atoms with E-state index in [9.17, 15) is 9.18 Å². The van der Waals surface area contributed by atoms with Gasteiger partial charge in [-0.15, -0.1) is 0 Å². The fourth-order valence-electron chi connectivity index (χ4n) is 2.99. The second-order valence-electron chi connectivity index (χ2n) is 5.51. The van der Waals surface area contributed by atoms with Crippen LogP contribution in [0.25, 0.3) is 0 Å². The van der Waals surface area contributed by atoms with Gasteiger partial charge in [0.05, 0.1) is 31.4 Å². The molecule has 2 heterocycles. The van der Waals surface area contributed by atoms with E-state index in [1.807, 2.05) is 7.05 Å². The van der Waals surface area contributed by atoms with Crippen LogP contribution in [0.3, 0.4) is 0 Å². The van der Waals surface area contributed by atoms with Crippen LogP contribution < -0.4 is 4.74 Å². The number of likely N-dealkylation sites (N-methyl/N-ethyl adjacent to an activating group) is 1. The van der Waals surface area contributed by atoms with Gasteiger partial charge in [-0.25, -0.2) is 4.39 Å². The summed E-state index contributed by atoms with van der Waals surface area (Å²) in [5.74, 6) is -0.438. The van der Waals surface area contributed by atoms with Crippen molar-refractivity contribution in [2.24, 2.45) is 0 Å². The number of morpholine rings is 1. The molecule has 2 saturated heterocycles. The topological polar surface area (TPSA) is 42.0 Å². The maximum atomic E-state index is 14.0. The van der Waals surface area contributed by atoms with Gasteiger partial charge in [-0.1, -0.05) is 0 Å². The van der Waals surface area contributed by atoms with E-state index in [4.69, 9.17) is 9.47 Å². The number of benzene rings is 1. The number of carbonyl (C=O) groups excluding carboxylic acids is 1. The van der Waals surface area contributed by atoms with Crippen LogP contribution in [0.1, 0.15) is 10.4 Å². The van der Waals surface area contributed by atoms with Gasteiger partial charge in [0.2, 0.25) is 0 Å². The van der Waals surface area contributed by atoms with E-state index in [1.165, 1.54) is 19.2 Å². The monoisotopic (exact) mass is 294 g/mol. The van der Waals surface area contributed by atoms with Crippen molar-refractivity contribution in [2.45, 2.75) is 12.1 Å². The molecule has 0 unspecified atom stereocenters. The van der Waals surface area contributed by atoms with Crippen LogP contribution in [0.5, 0.6) is 5.75 Å². The van der Waals surface area contributed by atoms with Gasteiger partial charge in [0.25, 0.3) is 5.91 Å². The van der Waals surface area contributed by atoms with E-state index in [1.54, 1.807) is 11.0 Å². The molecule has 2 aliphatic rings. The molecule has 6 heteroatoms. The predicted octanol–water partition coefficient (Wildman–Crippen LogP) is 0.989. The summed E-state index contributed by atoms with van der Waals surface area (Å²) in [5.41, 5.74) is 0.0806. The van der Waals surface area contributed by atoms with Crippen molar-refractivity contribution in [3.05, 3.63) is 29.6 Å². The highest BCUT2D eigenvalue weighted by Gasteiger charge is 2.40. The molecule has 1 aromatic carbocycles. The average molecular weight is 294 g/mol. The predicted molar refractivity (Wildman–Crippen MR) is 75.0 cm³/mol. The molecule has 1 amide bonds. The maximum absolute atomic E-state index is 14.0. The molecule has 0 radical (unpaired) electrons. The highest BCUT2D eigenvalue weighted by molar-refractivity contribution is 5.95. The van der Waals surface area contributed by atoms with Crippen molar-refractivity contribution >= 4 is 5.91 Å². The lowest BCUT2D eigenvalue weighted by atomic mass is 10.1. The lowest BCUT2D eigenvalue weighted by Gasteiger charge is -2.33. The number of hydrogen-bond donors (Lipinski definition) is 0. The van der Waals surface area contributed by atoms with Gasteiger partial charge in [0, 0.05) is 25.7 Å². The molecular formula is C15H19FN2O3. The van der Waals surface area contributed by atoms with Crippen LogP contribution in [0.2, 0.25) is 0 Å². The average Bonchev–Trinajstić information content (AvgIpc) is 2.92.